The lowest BCUT2D eigenvalue weighted by molar-refractivity contribution is -0.164. The molecule has 3 saturated heterocycles. The highest BCUT2D eigenvalue weighted by molar-refractivity contribution is 5.98. The van der Waals surface area contributed by atoms with Crippen LogP contribution in [0, 0.1) is 11.8 Å². The summed E-state index contributed by atoms with van der Waals surface area (Å²) in [6.07, 6.45) is 1.52. The maximum absolute atomic E-state index is 12.0. The largest absolute Gasteiger partial charge is 0.362 e. The van der Waals surface area contributed by atoms with Gasteiger partial charge in [0.05, 0.1) is 24.7 Å². The summed E-state index contributed by atoms with van der Waals surface area (Å²) in [4.78, 5) is 23.7. The SMILES string of the molecule is O=C1[C@@H]2OC[C@@H](O2)[C@@H]2[C@H]1[C@H]1C=CC(=O)[C@@H]2O1. The maximum atomic E-state index is 12.0. The van der Waals surface area contributed by atoms with Crippen LogP contribution >= 0.6 is 0 Å². The molecule has 16 heavy (non-hydrogen) atoms. The summed E-state index contributed by atoms with van der Waals surface area (Å²) in [5.41, 5.74) is 0. The van der Waals surface area contributed by atoms with Crippen LogP contribution in [0.3, 0.4) is 0 Å². The van der Waals surface area contributed by atoms with E-state index in [1.807, 2.05) is 0 Å². The van der Waals surface area contributed by atoms with Gasteiger partial charge in [-0.05, 0) is 6.08 Å². The van der Waals surface area contributed by atoms with Gasteiger partial charge in [-0.3, -0.25) is 9.59 Å². The van der Waals surface area contributed by atoms with Crippen molar-refractivity contribution in [2.45, 2.75) is 24.6 Å². The molecule has 3 fully saturated rings. The highest BCUT2D eigenvalue weighted by atomic mass is 16.7. The molecule has 4 aliphatic heterocycles. The molecule has 0 unspecified atom stereocenters. The molecule has 0 spiro atoms. The van der Waals surface area contributed by atoms with E-state index in [4.69, 9.17) is 14.2 Å². The molecule has 0 saturated carbocycles. The topological polar surface area (TPSA) is 61.8 Å². The molecule has 0 aromatic heterocycles. The Kier molecular flexibility index (Phi) is 1.58. The zero-order valence-corrected chi connectivity index (χ0v) is 8.37. The minimum Gasteiger partial charge on any atom is -0.362 e. The first-order valence-corrected chi connectivity index (χ1v) is 5.44. The molecule has 4 heterocycles. The molecule has 84 valence electrons. The maximum Gasteiger partial charge on any atom is 0.218 e. The van der Waals surface area contributed by atoms with Gasteiger partial charge in [0.15, 0.2) is 11.6 Å². The number of ketones is 2. The van der Waals surface area contributed by atoms with Gasteiger partial charge in [-0.15, -0.1) is 0 Å². The number of hydrogen-bond donors (Lipinski definition) is 0. The van der Waals surface area contributed by atoms with E-state index in [1.165, 1.54) is 6.08 Å². The Morgan fingerprint density at radius 1 is 1.25 bits per heavy atom. The van der Waals surface area contributed by atoms with Crippen LogP contribution in [-0.4, -0.2) is 42.8 Å². The zero-order valence-electron chi connectivity index (χ0n) is 8.37. The number of Topliss-reactive ketones (excluding diaryl/α,β-unsaturated/α-hetero) is 1. The third kappa shape index (κ3) is 0.917. The van der Waals surface area contributed by atoms with E-state index in [-0.39, 0.29) is 35.6 Å². The molecule has 4 bridgehead atoms. The predicted octanol–water partition coefficient (Wildman–Crippen LogP) is -0.551. The van der Waals surface area contributed by atoms with Crippen LogP contribution in [-0.2, 0) is 23.8 Å². The van der Waals surface area contributed by atoms with Crippen molar-refractivity contribution in [3.05, 3.63) is 12.2 Å². The first-order valence-electron chi connectivity index (χ1n) is 5.44. The quantitative estimate of drug-likeness (QED) is 0.550. The summed E-state index contributed by atoms with van der Waals surface area (Å²) in [6.45, 7) is 0.386. The number of carbonyl (C=O) groups is 2. The van der Waals surface area contributed by atoms with Gasteiger partial charge in [-0.25, -0.2) is 0 Å². The smallest absolute Gasteiger partial charge is 0.218 e. The van der Waals surface area contributed by atoms with Gasteiger partial charge >= 0.3 is 0 Å². The van der Waals surface area contributed by atoms with Crippen molar-refractivity contribution in [2.24, 2.45) is 11.8 Å². The van der Waals surface area contributed by atoms with E-state index in [0.29, 0.717) is 6.61 Å². The standard InChI is InChI=1S/C11H10O5/c12-4-1-2-5-7-8(10(4)15-5)6-3-14-11(16-6)9(7)13/h1-2,5-8,10-11H,3H2/t5-,6-,7-,8-,10+,11-/m1/s1. The molecule has 0 aromatic rings. The Balaban J connectivity index is 1.81. The summed E-state index contributed by atoms with van der Waals surface area (Å²) in [6, 6.07) is 0. The van der Waals surface area contributed by atoms with Crippen molar-refractivity contribution in [1.29, 1.82) is 0 Å². The molecule has 6 atom stereocenters. The third-order valence-corrected chi connectivity index (χ3v) is 3.85. The molecule has 0 N–H and O–H groups in total. The highest BCUT2D eigenvalue weighted by Crippen LogP contribution is 2.46. The minimum absolute atomic E-state index is 0.0644. The van der Waals surface area contributed by atoms with Crippen molar-refractivity contribution < 1.29 is 23.8 Å². The molecule has 5 heteroatoms. The van der Waals surface area contributed by atoms with Crippen molar-refractivity contribution in [3.63, 3.8) is 0 Å². The van der Waals surface area contributed by atoms with Gasteiger partial charge in [0.25, 0.3) is 0 Å². The van der Waals surface area contributed by atoms with E-state index >= 15 is 0 Å². The normalized spacial score (nSPS) is 53.2. The summed E-state index contributed by atoms with van der Waals surface area (Å²) in [5.74, 6) is -0.575. The number of carbonyl (C=O) groups excluding carboxylic acids is 2. The second kappa shape index (κ2) is 2.80. The second-order valence-electron chi connectivity index (χ2n) is 4.63. The summed E-state index contributed by atoms with van der Waals surface area (Å²) in [7, 11) is 0. The van der Waals surface area contributed by atoms with Crippen LogP contribution in [0.5, 0.6) is 0 Å². The van der Waals surface area contributed by atoms with Crippen LogP contribution in [0.4, 0.5) is 0 Å². The molecule has 0 radical (unpaired) electrons. The summed E-state index contributed by atoms with van der Waals surface area (Å²) >= 11 is 0. The third-order valence-electron chi connectivity index (χ3n) is 3.85. The number of fused-ring (bicyclic) bond motifs is 8. The Morgan fingerprint density at radius 3 is 3.00 bits per heavy atom. The average Bonchev–Trinajstić information content (AvgIpc) is 2.84. The molecular weight excluding hydrogens is 212 g/mol. The van der Waals surface area contributed by atoms with Gasteiger partial charge in [-0.2, -0.15) is 0 Å². The minimum atomic E-state index is -0.738. The average molecular weight is 222 g/mol. The van der Waals surface area contributed by atoms with Crippen LogP contribution in [0.15, 0.2) is 12.2 Å². The number of rotatable bonds is 0. The fourth-order valence-electron chi connectivity index (χ4n) is 3.16. The van der Waals surface area contributed by atoms with E-state index in [1.54, 1.807) is 6.08 Å². The molecule has 0 aromatic carbocycles. The predicted molar refractivity (Wildman–Crippen MR) is 49.4 cm³/mol. The summed E-state index contributed by atoms with van der Waals surface area (Å²) < 4.78 is 16.3. The molecule has 0 amide bonds. The Hall–Kier alpha value is -1.04. The Morgan fingerprint density at radius 2 is 2.12 bits per heavy atom. The van der Waals surface area contributed by atoms with Crippen molar-refractivity contribution in [1.82, 2.24) is 0 Å². The molecule has 5 nitrogen and oxygen atoms in total. The van der Waals surface area contributed by atoms with Crippen LogP contribution in [0.1, 0.15) is 0 Å². The lowest BCUT2D eigenvalue weighted by atomic mass is 9.79. The molecular formula is C11H10O5. The van der Waals surface area contributed by atoms with Gasteiger partial charge in [0.1, 0.15) is 6.10 Å². The number of ether oxygens (including phenoxy) is 3. The van der Waals surface area contributed by atoms with Gasteiger partial charge in [0, 0.05) is 5.92 Å². The Bertz CT molecular complexity index is 415. The molecule has 4 aliphatic rings. The first-order chi connectivity index (χ1) is 7.75. The lowest BCUT2D eigenvalue weighted by Crippen LogP contribution is -2.47. The van der Waals surface area contributed by atoms with E-state index in [9.17, 15) is 9.59 Å². The van der Waals surface area contributed by atoms with Gasteiger partial charge in [0.2, 0.25) is 6.29 Å². The first kappa shape index (κ1) is 9.04. The number of hydrogen-bond acceptors (Lipinski definition) is 5. The second-order valence-corrected chi connectivity index (χ2v) is 4.63. The van der Waals surface area contributed by atoms with E-state index < -0.39 is 12.4 Å². The van der Waals surface area contributed by atoms with Crippen molar-refractivity contribution in [2.75, 3.05) is 6.61 Å². The van der Waals surface area contributed by atoms with Crippen molar-refractivity contribution in [3.8, 4) is 0 Å². The fraction of sp³-hybridized carbons (Fsp3) is 0.636. The molecule has 4 rings (SSSR count). The molecule has 0 aliphatic carbocycles. The van der Waals surface area contributed by atoms with E-state index in [0.717, 1.165) is 0 Å². The lowest BCUT2D eigenvalue weighted by Gasteiger charge is -2.29. The fourth-order valence-corrected chi connectivity index (χ4v) is 3.16. The van der Waals surface area contributed by atoms with Crippen LogP contribution in [0.25, 0.3) is 0 Å². The highest BCUT2D eigenvalue weighted by Gasteiger charge is 2.61. The van der Waals surface area contributed by atoms with Crippen LogP contribution in [0.2, 0.25) is 0 Å². The zero-order chi connectivity index (χ0) is 10.9. The summed E-state index contributed by atoms with van der Waals surface area (Å²) in [5, 5.41) is 0. The Labute approximate surface area is 91.3 Å². The van der Waals surface area contributed by atoms with Gasteiger partial charge in [-0.1, -0.05) is 6.08 Å². The van der Waals surface area contributed by atoms with E-state index in [2.05, 4.69) is 0 Å². The van der Waals surface area contributed by atoms with Crippen LogP contribution < -0.4 is 0 Å². The van der Waals surface area contributed by atoms with Crippen molar-refractivity contribution >= 4 is 11.6 Å². The monoisotopic (exact) mass is 222 g/mol. The van der Waals surface area contributed by atoms with Gasteiger partial charge < -0.3 is 14.2 Å².